The molecule has 18 heavy (non-hydrogen) atoms. The molecule has 2 unspecified atom stereocenters. The van der Waals surface area contributed by atoms with Gasteiger partial charge in [0, 0.05) is 22.3 Å². The Bertz CT molecular complexity index is 480. The van der Waals surface area contributed by atoms with Crippen LogP contribution in [0, 0.1) is 6.92 Å². The fraction of sp³-hybridized carbons (Fsp3) is 0.333. The lowest BCUT2D eigenvalue weighted by Gasteiger charge is -2.20. The number of benzene rings is 1. The minimum atomic E-state index is -0.466. The van der Waals surface area contributed by atoms with Gasteiger partial charge in [-0.1, -0.05) is 30.3 Å². The Hall–Kier alpha value is -1.16. The van der Waals surface area contributed by atoms with E-state index in [1.807, 2.05) is 37.3 Å². The largest absolute Gasteiger partial charge is 0.387 e. The van der Waals surface area contributed by atoms with Gasteiger partial charge in [0.05, 0.1) is 6.10 Å². The average molecular weight is 261 g/mol. The molecule has 1 aromatic heterocycles. The van der Waals surface area contributed by atoms with Gasteiger partial charge < -0.3 is 10.4 Å². The van der Waals surface area contributed by atoms with E-state index in [0.29, 0.717) is 0 Å². The summed E-state index contributed by atoms with van der Waals surface area (Å²) in [6.45, 7) is 4.93. The Kier molecular flexibility index (Phi) is 4.53. The highest BCUT2D eigenvalue weighted by atomic mass is 32.1. The Morgan fingerprint density at radius 1 is 1.17 bits per heavy atom. The average Bonchev–Trinajstić information content (AvgIpc) is 2.82. The lowest BCUT2D eigenvalue weighted by Crippen LogP contribution is -2.31. The van der Waals surface area contributed by atoms with Gasteiger partial charge in [-0.25, -0.2) is 0 Å². The molecule has 0 spiro atoms. The molecule has 0 saturated heterocycles. The van der Waals surface area contributed by atoms with Crippen LogP contribution in [0.5, 0.6) is 0 Å². The number of aliphatic hydroxyl groups is 1. The second-order valence-electron chi connectivity index (χ2n) is 4.54. The molecule has 1 heterocycles. The number of aryl methyl sites for hydroxylation is 1. The Balaban J connectivity index is 1.90. The van der Waals surface area contributed by atoms with Crippen LogP contribution < -0.4 is 5.32 Å². The van der Waals surface area contributed by atoms with Gasteiger partial charge in [0.2, 0.25) is 0 Å². The highest BCUT2D eigenvalue weighted by Crippen LogP contribution is 2.18. The topological polar surface area (TPSA) is 32.3 Å². The molecular formula is C15H19NOS. The van der Waals surface area contributed by atoms with Gasteiger partial charge in [0.25, 0.3) is 0 Å². The molecule has 0 radical (unpaired) electrons. The van der Waals surface area contributed by atoms with E-state index in [2.05, 4.69) is 24.4 Å². The van der Waals surface area contributed by atoms with Crippen LogP contribution >= 0.6 is 11.3 Å². The van der Waals surface area contributed by atoms with E-state index < -0.39 is 6.10 Å². The summed E-state index contributed by atoms with van der Waals surface area (Å²) in [5.74, 6) is 0. The molecule has 0 saturated carbocycles. The second kappa shape index (κ2) is 6.14. The number of rotatable bonds is 5. The maximum absolute atomic E-state index is 10.2. The van der Waals surface area contributed by atoms with Crippen molar-refractivity contribution in [2.45, 2.75) is 32.5 Å². The van der Waals surface area contributed by atoms with Crippen molar-refractivity contribution in [2.24, 2.45) is 0 Å². The smallest absolute Gasteiger partial charge is 0.0940 e. The SMILES string of the molecule is Cc1ccc(CNC(C)C(O)c2ccccc2)s1. The number of aliphatic hydroxyl groups excluding tert-OH is 1. The first kappa shape index (κ1) is 13.3. The molecule has 2 atom stereocenters. The first-order chi connectivity index (χ1) is 8.66. The van der Waals surface area contributed by atoms with Crippen molar-refractivity contribution in [3.8, 4) is 0 Å². The van der Waals surface area contributed by atoms with Crippen LogP contribution in [0.1, 0.15) is 28.3 Å². The zero-order valence-corrected chi connectivity index (χ0v) is 11.6. The lowest BCUT2D eigenvalue weighted by molar-refractivity contribution is 0.135. The van der Waals surface area contributed by atoms with Crippen LogP contribution in [-0.4, -0.2) is 11.1 Å². The van der Waals surface area contributed by atoms with E-state index in [-0.39, 0.29) is 6.04 Å². The monoisotopic (exact) mass is 261 g/mol. The Morgan fingerprint density at radius 3 is 2.50 bits per heavy atom. The molecule has 0 aliphatic carbocycles. The third-order valence-electron chi connectivity index (χ3n) is 3.01. The van der Waals surface area contributed by atoms with Crippen molar-refractivity contribution in [1.29, 1.82) is 0 Å². The summed E-state index contributed by atoms with van der Waals surface area (Å²) < 4.78 is 0. The predicted octanol–water partition coefficient (Wildman–Crippen LogP) is 3.27. The van der Waals surface area contributed by atoms with Gasteiger partial charge >= 0.3 is 0 Å². The van der Waals surface area contributed by atoms with Crippen LogP contribution in [0.4, 0.5) is 0 Å². The number of thiophene rings is 1. The van der Waals surface area contributed by atoms with Crippen molar-refractivity contribution >= 4 is 11.3 Å². The Labute approximate surface area is 112 Å². The summed E-state index contributed by atoms with van der Waals surface area (Å²) in [6, 6.07) is 14.1. The van der Waals surface area contributed by atoms with Gasteiger partial charge in [0.1, 0.15) is 0 Å². The third-order valence-corrected chi connectivity index (χ3v) is 4.01. The van der Waals surface area contributed by atoms with Crippen LogP contribution in [0.15, 0.2) is 42.5 Å². The van der Waals surface area contributed by atoms with Gasteiger partial charge in [0.15, 0.2) is 0 Å². The molecular weight excluding hydrogens is 242 g/mol. The fourth-order valence-electron chi connectivity index (χ4n) is 1.89. The van der Waals surface area contributed by atoms with Crippen LogP contribution in [0.3, 0.4) is 0 Å². The van der Waals surface area contributed by atoms with E-state index in [4.69, 9.17) is 0 Å². The standard InChI is InChI=1S/C15H19NOS/c1-11-8-9-14(18-11)10-16-12(2)15(17)13-6-4-3-5-7-13/h3-9,12,15-17H,10H2,1-2H3. The minimum absolute atomic E-state index is 0.0369. The third kappa shape index (κ3) is 3.42. The normalized spacial score (nSPS) is 14.4. The molecule has 2 N–H and O–H groups in total. The molecule has 1 aromatic carbocycles. The summed E-state index contributed by atoms with van der Waals surface area (Å²) >= 11 is 1.79. The fourth-order valence-corrected chi connectivity index (χ4v) is 2.73. The molecule has 0 aliphatic heterocycles. The lowest BCUT2D eigenvalue weighted by atomic mass is 10.0. The molecule has 0 aliphatic rings. The van der Waals surface area contributed by atoms with Gasteiger partial charge in [-0.2, -0.15) is 0 Å². The predicted molar refractivity (Wildman–Crippen MR) is 76.8 cm³/mol. The molecule has 0 fully saturated rings. The maximum atomic E-state index is 10.2. The van der Waals surface area contributed by atoms with E-state index in [1.165, 1.54) is 9.75 Å². The first-order valence-electron chi connectivity index (χ1n) is 6.18. The first-order valence-corrected chi connectivity index (χ1v) is 7.00. The molecule has 96 valence electrons. The highest BCUT2D eigenvalue weighted by Gasteiger charge is 2.15. The summed E-state index contributed by atoms with van der Waals surface area (Å²) in [4.78, 5) is 2.63. The highest BCUT2D eigenvalue weighted by molar-refractivity contribution is 7.11. The maximum Gasteiger partial charge on any atom is 0.0940 e. The van der Waals surface area contributed by atoms with Crippen molar-refractivity contribution in [3.05, 3.63) is 57.8 Å². The molecule has 3 heteroatoms. The van der Waals surface area contributed by atoms with Gasteiger partial charge in [-0.15, -0.1) is 11.3 Å². The molecule has 2 nitrogen and oxygen atoms in total. The quantitative estimate of drug-likeness (QED) is 0.866. The summed E-state index contributed by atoms with van der Waals surface area (Å²) in [7, 11) is 0. The van der Waals surface area contributed by atoms with Crippen LogP contribution in [-0.2, 0) is 6.54 Å². The van der Waals surface area contributed by atoms with Crippen LogP contribution in [0.2, 0.25) is 0 Å². The molecule has 0 amide bonds. The summed E-state index contributed by atoms with van der Waals surface area (Å²) in [5.41, 5.74) is 0.958. The Morgan fingerprint density at radius 2 is 1.89 bits per heavy atom. The van der Waals surface area contributed by atoms with E-state index in [9.17, 15) is 5.11 Å². The van der Waals surface area contributed by atoms with Crippen molar-refractivity contribution in [3.63, 3.8) is 0 Å². The van der Waals surface area contributed by atoms with E-state index in [0.717, 1.165) is 12.1 Å². The van der Waals surface area contributed by atoms with Crippen molar-refractivity contribution in [1.82, 2.24) is 5.32 Å². The van der Waals surface area contributed by atoms with E-state index in [1.54, 1.807) is 11.3 Å². The van der Waals surface area contributed by atoms with Crippen molar-refractivity contribution < 1.29 is 5.11 Å². The summed E-state index contributed by atoms with van der Waals surface area (Å²) in [6.07, 6.45) is -0.466. The molecule has 2 rings (SSSR count). The minimum Gasteiger partial charge on any atom is -0.387 e. The summed E-state index contributed by atoms with van der Waals surface area (Å²) in [5, 5.41) is 13.6. The second-order valence-corrected chi connectivity index (χ2v) is 5.91. The van der Waals surface area contributed by atoms with Crippen LogP contribution in [0.25, 0.3) is 0 Å². The zero-order chi connectivity index (χ0) is 13.0. The van der Waals surface area contributed by atoms with Crippen molar-refractivity contribution in [2.75, 3.05) is 0 Å². The number of hydrogen-bond donors (Lipinski definition) is 2. The number of hydrogen-bond acceptors (Lipinski definition) is 3. The van der Waals surface area contributed by atoms with Gasteiger partial charge in [-0.3, -0.25) is 0 Å². The molecule has 2 aromatic rings. The number of nitrogens with one attached hydrogen (secondary N) is 1. The zero-order valence-electron chi connectivity index (χ0n) is 10.8. The molecule has 0 bridgehead atoms. The van der Waals surface area contributed by atoms with Gasteiger partial charge in [-0.05, 0) is 31.5 Å². The van der Waals surface area contributed by atoms with E-state index >= 15 is 0 Å².